The van der Waals surface area contributed by atoms with Gasteiger partial charge in [-0.1, -0.05) is 30.3 Å². The summed E-state index contributed by atoms with van der Waals surface area (Å²) in [6.07, 6.45) is 3.78. The first-order chi connectivity index (χ1) is 10.2. The number of ketones is 1. The molecule has 2 heterocycles. The smallest absolute Gasteiger partial charge is 0.168 e. The van der Waals surface area contributed by atoms with Crippen molar-refractivity contribution in [2.75, 3.05) is 0 Å². The molecule has 0 unspecified atom stereocenters. The van der Waals surface area contributed by atoms with Crippen LogP contribution in [-0.2, 0) is 6.42 Å². The fourth-order valence-corrected chi connectivity index (χ4v) is 2.17. The Morgan fingerprint density at radius 3 is 2.67 bits per heavy atom. The number of H-pyrrole nitrogens is 1. The van der Waals surface area contributed by atoms with E-state index in [-0.39, 0.29) is 12.2 Å². The fraction of sp³-hybridized carbons (Fsp3) is 0.118. The molecule has 0 radical (unpaired) electrons. The molecule has 2 aromatic heterocycles. The summed E-state index contributed by atoms with van der Waals surface area (Å²) < 4.78 is 0. The summed E-state index contributed by atoms with van der Waals surface area (Å²) in [7, 11) is 0. The van der Waals surface area contributed by atoms with Crippen molar-refractivity contribution in [3.8, 4) is 11.4 Å². The van der Waals surface area contributed by atoms with Gasteiger partial charge in [0.25, 0.3) is 0 Å². The Hall–Kier alpha value is -2.75. The normalized spacial score (nSPS) is 10.5. The number of carbonyl (C=O) groups is 1. The Bertz CT molecular complexity index is 762. The molecule has 104 valence electrons. The van der Waals surface area contributed by atoms with Crippen LogP contribution in [0.25, 0.3) is 11.4 Å². The standard InChI is InChI=1S/C17H15N3O/c1-12-11-19-17(20-12)14-7-8-18-15(9-14)10-16(21)13-5-3-2-4-6-13/h2-9,11H,10H2,1H3,(H,19,20). The average Bonchev–Trinajstić information content (AvgIpc) is 2.95. The molecule has 0 aliphatic rings. The first-order valence-electron chi connectivity index (χ1n) is 6.77. The van der Waals surface area contributed by atoms with E-state index in [0.29, 0.717) is 5.56 Å². The molecule has 4 heteroatoms. The number of nitrogens with one attached hydrogen (secondary N) is 1. The molecule has 0 aliphatic heterocycles. The lowest BCUT2D eigenvalue weighted by Gasteiger charge is -2.03. The third kappa shape index (κ3) is 3.05. The number of hydrogen-bond donors (Lipinski definition) is 1. The quantitative estimate of drug-likeness (QED) is 0.745. The summed E-state index contributed by atoms with van der Waals surface area (Å²) in [6, 6.07) is 13.1. The molecule has 1 N–H and O–H groups in total. The van der Waals surface area contributed by atoms with Crippen molar-refractivity contribution >= 4 is 5.78 Å². The van der Waals surface area contributed by atoms with E-state index < -0.39 is 0 Å². The highest BCUT2D eigenvalue weighted by Crippen LogP contribution is 2.16. The molecular weight excluding hydrogens is 262 g/mol. The molecule has 0 saturated carbocycles. The molecule has 0 amide bonds. The molecule has 0 atom stereocenters. The highest BCUT2D eigenvalue weighted by atomic mass is 16.1. The molecule has 1 aromatic carbocycles. The SMILES string of the molecule is Cc1cnc(-c2ccnc(CC(=O)c3ccccc3)c2)[nH]1. The molecule has 0 fully saturated rings. The maximum atomic E-state index is 12.2. The summed E-state index contributed by atoms with van der Waals surface area (Å²) >= 11 is 0. The van der Waals surface area contributed by atoms with E-state index in [1.165, 1.54) is 0 Å². The van der Waals surface area contributed by atoms with Crippen LogP contribution in [0.1, 0.15) is 21.7 Å². The molecule has 0 bridgehead atoms. The van der Waals surface area contributed by atoms with Gasteiger partial charge in [0.2, 0.25) is 0 Å². The Balaban J connectivity index is 1.82. The van der Waals surface area contributed by atoms with E-state index in [1.54, 1.807) is 12.4 Å². The summed E-state index contributed by atoms with van der Waals surface area (Å²) in [5, 5.41) is 0. The van der Waals surface area contributed by atoms with E-state index in [2.05, 4.69) is 15.0 Å². The van der Waals surface area contributed by atoms with Gasteiger partial charge in [0.05, 0.1) is 6.42 Å². The van der Waals surface area contributed by atoms with Gasteiger partial charge in [0.1, 0.15) is 5.82 Å². The van der Waals surface area contributed by atoms with Crippen LogP contribution in [0.3, 0.4) is 0 Å². The Morgan fingerprint density at radius 2 is 1.95 bits per heavy atom. The lowest BCUT2D eigenvalue weighted by atomic mass is 10.1. The number of imidazole rings is 1. The topological polar surface area (TPSA) is 58.6 Å². The van der Waals surface area contributed by atoms with Crippen LogP contribution in [0.15, 0.2) is 54.9 Å². The average molecular weight is 277 g/mol. The lowest BCUT2D eigenvalue weighted by molar-refractivity contribution is 0.0992. The van der Waals surface area contributed by atoms with Crippen LogP contribution in [0, 0.1) is 6.92 Å². The number of pyridine rings is 1. The summed E-state index contributed by atoms with van der Waals surface area (Å²) in [4.78, 5) is 24.0. The van der Waals surface area contributed by atoms with Crippen molar-refractivity contribution in [1.29, 1.82) is 0 Å². The minimum Gasteiger partial charge on any atom is -0.342 e. The molecule has 0 aliphatic carbocycles. The highest BCUT2D eigenvalue weighted by Gasteiger charge is 2.09. The van der Waals surface area contributed by atoms with Crippen molar-refractivity contribution in [1.82, 2.24) is 15.0 Å². The monoisotopic (exact) mass is 277 g/mol. The van der Waals surface area contributed by atoms with Crippen LogP contribution in [0.2, 0.25) is 0 Å². The predicted molar refractivity (Wildman–Crippen MR) is 81.0 cm³/mol. The van der Waals surface area contributed by atoms with Gasteiger partial charge in [-0.05, 0) is 19.1 Å². The largest absolute Gasteiger partial charge is 0.342 e. The van der Waals surface area contributed by atoms with Gasteiger partial charge in [-0.2, -0.15) is 0 Å². The number of benzene rings is 1. The van der Waals surface area contributed by atoms with Crippen molar-refractivity contribution in [2.45, 2.75) is 13.3 Å². The second-order valence-corrected chi connectivity index (χ2v) is 4.92. The number of carbonyl (C=O) groups excluding carboxylic acids is 1. The Kier molecular flexibility index (Phi) is 3.60. The summed E-state index contributed by atoms with van der Waals surface area (Å²) in [6.45, 7) is 1.96. The minimum absolute atomic E-state index is 0.0656. The van der Waals surface area contributed by atoms with E-state index >= 15 is 0 Å². The zero-order valence-electron chi connectivity index (χ0n) is 11.7. The van der Waals surface area contributed by atoms with E-state index in [9.17, 15) is 4.79 Å². The molecule has 4 nitrogen and oxygen atoms in total. The maximum Gasteiger partial charge on any atom is 0.168 e. The summed E-state index contributed by atoms with van der Waals surface area (Å²) in [5.74, 6) is 0.860. The predicted octanol–water partition coefficient (Wildman–Crippen LogP) is 3.21. The van der Waals surface area contributed by atoms with Gasteiger partial charge in [0, 0.05) is 34.9 Å². The molecule has 0 saturated heterocycles. The molecule has 3 rings (SSSR count). The van der Waals surface area contributed by atoms with Crippen molar-refractivity contribution < 1.29 is 4.79 Å². The number of hydrogen-bond acceptors (Lipinski definition) is 3. The van der Waals surface area contributed by atoms with Crippen LogP contribution in [0.5, 0.6) is 0 Å². The number of aromatic nitrogens is 3. The van der Waals surface area contributed by atoms with Crippen LogP contribution in [-0.4, -0.2) is 20.7 Å². The van der Waals surface area contributed by atoms with Gasteiger partial charge in [-0.15, -0.1) is 0 Å². The molecule has 21 heavy (non-hydrogen) atoms. The Labute approximate surface area is 122 Å². The van der Waals surface area contributed by atoms with E-state index in [4.69, 9.17) is 0 Å². The number of nitrogens with zero attached hydrogens (tertiary/aromatic N) is 2. The van der Waals surface area contributed by atoms with Crippen molar-refractivity contribution in [3.63, 3.8) is 0 Å². The highest BCUT2D eigenvalue weighted by molar-refractivity contribution is 5.97. The van der Waals surface area contributed by atoms with E-state index in [1.807, 2.05) is 49.4 Å². The fourth-order valence-electron chi connectivity index (χ4n) is 2.17. The zero-order chi connectivity index (χ0) is 14.7. The summed E-state index contributed by atoms with van der Waals surface area (Å²) in [5.41, 5.74) is 3.40. The van der Waals surface area contributed by atoms with Crippen molar-refractivity contribution in [3.05, 3.63) is 71.8 Å². The maximum absolute atomic E-state index is 12.2. The van der Waals surface area contributed by atoms with Crippen LogP contribution in [0.4, 0.5) is 0 Å². The zero-order valence-corrected chi connectivity index (χ0v) is 11.7. The van der Waals surface area contributed by atoms with Gasteiger partial charge in [0.15, 0.2) is 5.78 Å². The minimum atomic E-state index is 0.0656. The van der Waals surface area contributed by atoms with Gasteiger partial charge in [-0.3, -0.25) is 9.78 Å². The number of aryl methyl sites for hydroxylation is 1. The Morgan fingerprint density at radius 1 is 1.14 bits per heavy atom. The van der Waals surface area contributed by atoms with Crippen molar-refractivity contribution in [2.24, 2.45) is 0 Å². The first kappa shape index (κ1) is 13.2. The third-order valence-corrected chi connectivity index (χ3v) is 3.23. The van der Waals surface area contributed by atoms with Gasteiger partial charge < -0.3 is 4.98 Å². The first-order valence-corrected chi connectivity index (χ1v) is 6.77. The second-order valence-electron chi connectivity index (χ2n) is 4.92. The second kappa shape index (κ2) is 5.71. The number of Topliss-reactive ketones (excluding diaryl/α,β-unsaturated/α-hetero) is 1. The number of rotatable bonds is 4. The van der Waals surface area contributed by atoms with Gasteiger partial charge >= 0.3 is 0 Å². The lowest BCUT2D eigenvalue weighted by Crippen LogP contribution is -2.05. The van der Waals surface area contributed by atoms with E-state index in [0.717, 1.165) is 22.8 Å². The molecule has 3 aromatic rings. The molecule has 0 spiro atoms. The number of aromatic amines is 1. The van der Waals surface area contributed by atoms with Crippen LogP contribution >= 0.6 is 0 Å². The third-order valence-electron chi connectivity index (χ3n) is 3.23. The molecular formula is C17H15N3O. The van der Waals surface area contributed by atoms with Crippen LogP contribution < -0.4 is 0 Å². The van der Waals surface area contributed by atoms with Gasteiger partial charge in [-0.25, -0.2) is 4.98 Å².